The molecule has 0 atom stereocenters. The van der Waals surface area contributed by atoms with E-state index in [1.165, 1.54) is 0 Å². The third-order valence-corrected chi connectivity index (χ3v) is 3.97. The molecule has 0 N–H and O–H groups in total. The Balaban J connectivity index is 2.30. The molecule has 0 radical (unpaired) electrons. The first-order valence-corrected chi connectivity index (χ1v) is 7.73. The van der Waals surface area contributed by atoms with E-state index in [0.717, 1.165) is 32.9 Å². The van der Waals surface area contributed by atoms with Crippen LogP contribution < -0.4 is 0 Å². The van der Waals surface area contributed by atoms with Crippen LogP contribution >= 0.6 is 15.9 Å². The second-order valence-corrected chi connectivity index (χ2v) is 5.71. The molecule has 1 heterocycles. The number of aromatic nitrogens is 2. The first kappa shape index (κ1) is 14.5. The lowest BCUT2D eigenvalue weighted by atomic mass is 10.2. The Bertz CT molecular complexity index is 815. The topological polar surface area (TPSA) is 17.8 Å². The minimum atomic E-state index is 0.830. The summed E-state index contributed by atoms with van der Waals surface area (Å²) in [7, 11) is 0. The number of hydrogen-bond donors (Lipinski definition) is 0. The van der Waals surface area contributed by atoms with Crippen molar-refractivity contribution in [2.24, 2.45) is 0 Å². The SMILES string of the molecule is C=Cc1nc(-c2ccc(Br)cc2)n(-c2ccccc2)c1C=C. The zero-order valence-corrected chi connectivity index (χ0v) is 13.6. The Morgan fingerprint density at radius 3 is 2.18 bits per heavy atom. The van der Waals surface area contributed by atoms with Gasteiger partial charge in [-0.05, 0) is 36.4 Å². The van der Waals surface area contributed by atoms with Gasteiger partial charge in [-0.15, -0.1) is 0 Å². The lowest BCUT2D eigenvalue weighted by molar-refractivity contribution is 1.05. The van der Waals surface area contributed by atoms with Gasteiger partial charge in [0.05, 0.1) is 11.4 Å². The van der Waals surface area contributed by atoms with Gasteiger partial charge in [-0.1, -0.05) is 59.4 Å². The van der Waals surface area contributed by atoms with E-state index in [0.29, 0.717) is 0 Å². The van der Waals surface area contributed by atoms with Crippen LogP contribution in [-0.4, -0.2) is 9.55 Å². The van der Waals surface area contributed by atoms with Gasteiger partial charge in [0.25, 0.3) is 0 Å². The average molecular weight is 351 g/mol. The molecule has 0 aliphatic rings. The van der Waals surface area contributed by atoms with Gasteiger partial charge in [0.1, 0.15) is 5.82 Å². The summed E-state index contributed by atoms with van der Waals surface area (Å²) in [5.41, 5.74) is 3.87. The molecule has 2 nitrogen and oxygen atoms in total. The molecule has 0 bridgehead atoms. The lowest BCUT2D eigenvalue weighted by Crippen LogP contribution is -1.99. The number of para-hydroxylation sites is 1. The molecule has 108 valence electrons. The molecule has 1 aromatic heterocycles. The number of benzene rings is 2. The van der Waals surface area contributed by atoms with Gasteiger partial charge in [-0.25, -0.2) is 4.98 Å². The van der Waals surface area contributed by atoms with Gasteiger partial charge in [-0.2, -0.15) is 0 Å². The highest BCUT2D eigenvalue weighted by atomic mass is 79.9. The van der Waals surface area contributed by atoms with E-state index in [9.17, 15) is 0 Å². The van der Waals surface area contributed by atoms with Gasteiger partial charge >= 0.3 is 0 Å². The quantitative estimate of drug-likeness (QED) is 0.599. The van der Waals surface area contributed by atoms with Crippen LogP contribution in [0.2, 0.25) is 0 Å². The summed E-state index contributed by atoms with van der Waals surface area (Å²) in [5.74, 6) is 0.878. The van der Waals surface area contributed by atoms with Crippen LogP contribution in [-0.2, 0) is 0 Å². The highest BCUT2D eigenvalue weighted by molar-refractivity contribution is 9.10. The largest absolute Gasteiger partial charge is 0.292 e. The highest BCUT2D eigenvalue weighted by Gasteiger charge is 2.16. The maximum atomic E-state index is 4.73. The van der Waals surface area contributed by atoms with Crippen LogP contribution in [0, 0.1) is 0 Å². The summed E-state index contributed by atoms with van der Waals surface area (Å²) in [6, 6.07) is 18.3. The maximum absolute atomic E-state index is 4.73. The van der Waals surface area contributed by atoms with Crippen molar-refractivity contribution in [1.82, 2.24) is 9.55 Å². The number of halogens is 1. The fourth-order valence-electron chi connectivity index (χ4n) is 2.43. The molecule has 3 aromatic rings. The number of imidazole rings is 1. The standard InChI is InChI=1S/C19H15BrN2/c1-3-17-18(4-2)22(16-8-6-5-7-9-16)19(21-17)14-10-12-15(20)13-11-14/h3-13H,1-2H2. The highest BCUT2D eigenvalue weighted by Crippen LogP contribution is 2.28. The van der Waals surface area contributed by atoms with Gasteiger partial charge in [0.2, 0.25) is 0 Å². The van der Waals surface area contributed by atoms with Crippen molar-refractivity contribution < 1.29 is 0 Å². The van der Waals surface area contributed by atoms with Crippen molar-refractivity contribution in [2.45, 2.75) is 0 Å². The molecule has 2 aromatic carbocycles. The number of rotatable bonds is 4. The molecule has 3 rings (SSSR count). The molecule has 0 amide bonds. The Morgan fingerprint density at radius 1 is 0.909 bits per heavy atom. The molecule has 0 spiro atoms. The summed E-state index contributed by atoms with van der Waals surface area (Å²) in [6.45, 7) is 7.80. The fourth-order valence-corrected chi connectivity index (χ4v) is 2.69. The van der Waals surface area contributed by atoms with Crippen LogP contribution in [0.3, 0.4) is 0 Å². The molecule has 0 saturated carbocycles. The zero-order valence-electron chi connectivity index (χ0n) is 12.0. The van der Waals surface area contributed by atoms with Crippen molar-refractivity contribution in [1.29, 1.82) is 0 Å². The van der Waals surface area contributed by atoms with E-state index in [1.807, 2.05) is 48.5 Å². The third-order valence-electron chi connectivity index (χ3n) is 3.45. The van der Waals surface area contributed by atoms with E-state index in [1.54, 1.807) is 6.08 Å². The predicted octanol–water partition coefficient (Wildman–Crippen LogP) is 5.59. The summed E-state index contributed by atoms with van der Waals surface area (Å²) >= 11 is 3.47. The van der Waals surface area contributed by atoms with E-state index < -0.39 is 0 Å². The fraction of sp³-hybridized carbons (Fsp3) is 0. The van der Waals surface area contributed by atoms with Crippen LogP contribution in [0.1, 0.15) is 11.4 Å². The molecule has 0 unspecified atom stereocenters. The van der Waals surface area contributed by atoms with Crippen molar-refractivity contribution in [3.63, 3.8) is 0 Å². The molecule has 3 heteroatoms. The summed E-state index contributed by atoms with van der Waals surface area (Å²) < 4.78 is 3.15. The van der Waals surface area contributed by atoms with E-state index in [-0.39, 0.29) is 0 Å². The minimum absolute atomic E-state index is 0.830. The van der Waals surface area contributed by atoms with Gasteiger partial charge < -0.3 is 0 Å². The second kappa shape index (κ2) is 6.16. The Hall–Kier alpha value is -2.39. The molecule has 0 fully saturated rings. The summed E-state index contributed by atoms with van der Waals surface area (Å²) in [4.78, 5) is 4.73. The van der Waals surface area contributed by atoms with Crippen molar-refractivity contribution in [2.75, 3.05) is 0 Å². The van der Waals surface area contributed by atoms with Crippen LogP contribution in [0.5, 0.6) is 0 Å². The number of hydrogen-bond acceptors (Lipinski definition) is 1. The molecule has 0 aliphatic heterocycles. The van der Waals surface area contributed by atoms with Crippen molar-refractivity contribution in [3.8, 4) is 17.1 Å². The van der Waals surface area contributed by atoms with E-state index >= 15 is 0 Å². The van der Waals surface area contributed by atoms with Gasteiger partial charge in [0.15, 0.2) is 0 Å². The summed E-state index contributed by atoms with van der Waals surface area (Å²) in [6.07, 6.45) is 3.58. The third kappa shape index (κ3) is 2.55. The van der Waals surface area contributed by atoms with Gasteiger partial charge in [-0.3, -0.25) is 4.57 Å². The molecule has 0 aliphatic carbocycles. The van der Waals surface area contributed by atoms with Gasteiger partial charge in [0, 0.05) is 15.7 Å². The molecular weight excluding hydrogens is 336 g/mol. The lowest BCUT2D eigenvalue weighted by Gasteiger charge is -2.10. The summed E-state index contributed by atoms with van der Waals surface area (Å²) in [5, 5.41) is 0. The predicted molar refractivity (Wildman–Crippen MR) is 96.9 cm³/mol. The van der Waals surface area contributed by atoms with E-state index in [4.69, 9.17) is 4.98 Å². The monoisotopic (exact) mass is 350 g/mol. The van der Waals surface area contributed by atoms with Crippen molar-refractivity contribution in [3.05, 3.63) is 83.6 Å². The minimum Gasteiger partial charge on any atom is -0.292 e. The Labute approximate surface area is 138 Å². The number of nitrogens with zero attached hydrogens (tertiary/aromatic N) is 2. The van der Waals surface area contributed by atoms with Crippen LogP contribution in [0.25, 0.3) is 29.2 Å². The normalized spacial score (nSPS) is 10.4. The second-order valence-electron chi connectivity index (χ2n) is 4.79. The van der Waals surface area contributed by atoms with Crippen LogP contribution in [0.15, 0.2) is 72.2 Å². The zero-order chi connectivity index (χ0) is 15.5. The molecular formula is C19H15BrN2. The Kier molecular flexibility index (Phi) is 4.07. The average Bonchev–Trinajstić information content (AvgIpc) is 2.95. The first-order valence-electron chi connectivity index (χ1n) is 6.93. The maximum Gasteiger partial charge on any atom is 0.145 e. The molecule has 22 heavy (non-hydrogen) atoms. The smallest absolute Gasteiger partial charge is 0.145 e. The first-order chi connectivity index (χ1) is 10.7. The Morgan fingerprint density at radius 2 is 1.59 bits per heavy atom. The van der Waals surface area contributed by atoms with E-state index in [2.05, 4.69) is 45.8 Å². The van der Waals surface area contributed by atoms with Crippen LogP contribution in [0.4, 0.5) is 0 Å². The molecule has 0 saturated heterocycles. The van der Waals surface area contributed by atoms with Crippen molar-refractivity contribution >= 4 is 28.1 Å².